The van der Waals surface area contributed by atoms with Crippen molar-refractivity contribution >= 4 is 45.0 Å². The monoisotopic (exact) mass is 412 g/mol. The van der Waals surface area contributed by atoms with Crippen LogP contribution in [0.15, 0.2) is 58.3 Å². The minimum absolute atomic E-state index is 0.171. The second kappa shape index (κ2) is 9.41. The Labute approximate surface area is 163 Å². The number of hydrogen-bond donors (Lipinski definition) is 1. The Bertz CT molecular complexity index is 851. The van der Waals surface area contributed by atoms with E-state index in [4.69, 9.17) is 11.6 Å². The third-order valence-electron chi connectivity index (χ3n) is 3.64. The van der Waals surface area contributed by atoms with E-state index in [1.165, 1.54) is 28.2 Å². The molecule has 0 saturated heterocycles. The summed E-state index contributed by atoms with van der Waals surface area (Å²) < 4.78 is 26.5. The van der Waals surface area contributed by atoms with Gasteiger partial charge in [0.05, 0.1) is 10.6 Å². The minimum atomic E-state index is -3.55. The van der Waals surface area contributed by atoms with Crippen molar-refractivity contribution in [1.29, 1.82) is 0 Å². The molecule has 8 heteroatoms. The maximum absolute atomic E-state index is 12.6. The summed E-state index contributed by atoms with van der Waals surface area (Å²) >= 11 is 7.22. The van der Waals surface area contributed by atoms with Crippen molar-refractivity contribution < 1.29 is 13.2 Å². The van der Waals surface area contributed by atoms with Crippen LogP contribution in [0.5, 0.6) is 0 Å². The van der Waals surface area contributed by atoms with Crippen molar-refractivity contribution in [3.8, 4) is 0 Å². The maximum Gasteiger partial charge on any atom is 0.243 e. The number of carbonyl (C=O) groups is 1. The van der Waals surface area contributed by atoms with Gasteiger partial charge in [-0.05, 0) is 42.5 Å². The average Bonchev–Trinajstić information content (AvgIpc) is 2.62. The summed E-state index contributed by atoms with van der Waals surface area (Å²) in [6.07, 6.45) is 0. The Morgan fingerprint density at radius 3 is 2.38 bits per heavy atom. The van der Waals surface area contributed by atoms with E-state index in [2.05, 4.69) is 5.32 Å². The lowest BCUT2D eigenvalue weighted by Crippen LogP contribution is -2.30. The number of benzene rings is 2. The zero-order valence-electron chi connectivity index (χ0n) is 14.6. The summed E-state index contributed by atoms with van der Waals surface area (Å²) in [5.74, 6) is 0.0108. The molecule has 0 saturated carbocycles. The summed E-state index contributed by atoms with van der Waals surface area (Å²) in [6.45, 7) is 4.38. The molecule has 2 aromatic carbocycles. The summed E-state index contributed by atoms with van der Waals surface area (Å²) in [5.41, 5.74) is 0.458. The molecule has 140 valence electrons. The second-order valence-electron chi connectivity index (χ2n) is 5.41. The molecule has 0 aliphatic carbocycles. The van der Waals surface area contributed by atoms with Gasteiger partial charge in [0, 0.05) is 28.7 Å². The molecule has 0 atom stereocenters. The van der Waals surface area contributed by atoms with Crippen LogP contribution in [-0.2, 0) is 14.8 Å². The van der Waals surface area contributed by atoms with Crippen molar-refractivity contribution in [3.63, 3.8) is 0 Å². The van der Waals surface area contributed by atoms with Gasteiger partial charge in [0.25, 0.3) is 0 Å². The first-order chi connectivity index (χ1) is 12.4. The highest BCUT2D eigenvalue weighted by Gasteiger charge is 2.21. The van der Waals surface area contributed by atoms with Crippen LogP contribution in [0, 0.1) is 0 Å². The molecular weight excluding hydrogens is 392 g/mol. The topological polar surface area (TPSA) is 66.5 Å². The molecule has 0 bridgehead atoms. The van der Waals surface area contributed by atoms with Crippen LogP contribution in [-0.4, -0.2) is 37.5 Å². The normalized spacial score (nSPS) is 11.5. The fourth-order valence-electron chi connectivity index (χ4n) is 2.32. The molecule has 0 heterocycles. The number of nitrogens with zero attached hydrogens (tertiary/aromatic N) is 1. The number of anilines is 1. The van der Waals surface area contributed by atoms with Crippen LogP contribution < -0.4 is 5.32 Å². The molecule has 5 nitrogen and oxygen atoms in total. The standard InChI is InChI=1S/C18H21ClN2O3S2/c1-3-21(4-2)26(23,24)17-7-5-6-15(12-17)20-18(22)13-25-16-10-8-14(19)9-11-16/h5-12H,3-4,13H2,1-2H3,(H,20,22). The Balaban J connectivity index is 2.03. The zero-order valence-corrected chi connectivity index (χ0v) is 17.0. The van der Waals surface area contributed by atoms with E-state index in [9.17, 15) is 13.2 Å². The fourth-order valence-corrected chi connectivity index (χ4v) is 4.65. The lowest BCUT2D eigenvalue weighted by atomic mass is 10.3. The highest BCUT2D eigenvalue weighted by atomic mass is 35.5. The van der Waals surface area contributed by atoms with Crippen LogP contribution in [0.25, 0.3) is 0 Å². The molecule has 2 rings (SSSR count). The number of amides is 1. The van der Waals surface area contributed by atoms with E-state index in [1.807, 2.05) is 12.1 Å². The van der Waals surface area contributed by atoms with E-state index in [1.54, 1.807) is 38.1 Å². The van der Waals surface area contributed by atoms with Gasteiger partial charge in [-0.1, -0.05) is 31.5 Å². The number of carbonyl (C=O) groups excluding carboxylic acids is 1. The number of halogens is 1. The third-order valence-corrected chi connectivity index (χ3v) is 6.95. The lowest BCUT2D eigenvalue weighted by Gasteiger charge is -2.18. The quantitative estimate of drug-likeness (QED) is 0.663. The molecule has 0 radical (unpaired) electrons. The predicted molar refractivity (Wildman–Crippen MR) is 107 cm³/mol. The van der Waals surface area contributed by atoms with Crippen LogP contribution in [0.4, 0.5) is 5.69 Å². The Morgan fingerprint density at radius 1 is 1.12 bits per heavy atom. The van der Waals surface area contributed by atoms with Gasteiger partial charge >= 0.3 is 0 Å². The van der Waals surface area contributed by atoms with Gasteiger partial charge in [-0.15, -0.1) is 11.8 Å². The van der Waals surface area contributed by atoms with Crippen LogP contribution in [0.3, 0.4) is 0 Å². The summed E-state index contributed by atoms with van der Waals surface area (Å²) in [6, 6.07) is 13.5. The van der Waals surface area contributed by atoms with Crippen molar-refractivity contribution in [1.82, 2.24) is 4.31 Å². The average molecular weight is 413 g/mol. The number of sulfonamides is 1. The Kier molecular flexibility index (Phi) is 7.52. The van der Waals surface area contributed by atoms with E-state index < -0.39 is 10.0 Å². The molecule has 0 aliphatic rings. The Hall–Kier alpha value is -1.54. The zero-order chi connectivity index (χ0) is 19.2. The van der Waals surface area contributed by atoms with Crippen LogP contribution >= 0.6 is 23.4 Å². The summed E-state index contributed by atoms with van der Waals surface area (Å²) in [4.78, 5) is 13.2. The van der Waals surface area contributed by atoms with Gasteiger partial charge in [0.1, 0.15) is 0 Å². The second-order valence-corrected chi connectivity index (χ2v) is 8.83. The van der Waals surface area contributed by atoms with E-state index >= 15 is 0 Å². The molecule has 1 N–H and O–H groups in total. The number of nitrogens with one attached hydrogen (secondary N) is 1. The van der Waals surface area contributed by atoms with Gasteiger partial charge in [-0.2, -0.15) is 4.31 Å². The van der Waals surface area contributed by atoms with Gasteiger partial charge in [0.15, 0.2) is 0 Å². The minimum Gasteiger partial charge on any atom is -0.325 e. The highest BCUT2D eigenvalue weighted by Crippen LogP contribution is 2.22. The molecular formula is C18H21ClN2O3S2. The Morgan fingerprint density at radius 2 is 1.77 bits per heavy atom. The first-order valence-corrected chi connectivity index (χ1v) is 11.0. The maximum atomic E-state index is 12.6. The van der Waals surface area contributed by atoms with Crippen LogP contribution in [0.2, 0.25) is 5.02 Å². The molecule has 0 aromatic heterocycles. The predicted octanol–water partition coefficient (Wildman–Crippen LogP) is 4.10. The fraction of sp³-hybridized carbons (Fsp3) is 0.278. The molecule has 2 aromatic rings. The number of rotatable bonds is 8. The van der Waals surface area contributed by atoms with Crippen molar-refractivity contribution in [3.05, 3.63) is 53.6 Å². The molecule has 26 heavy (non-hydrogen) atoms. The smallest absolute Gasteiger partial charge is 0.243 e. The SMILES string of the molecule is CCN(CC)S(=O)(=O)c1cccc(NC(=O)CSc2ccc(Cl)cc2)c1. The molecule has 0 fully saturated rings. The molecule has 0 aliphatic heterocycles. The highest BCUT2D eigenvalue weighted by molar-refractivity contribution is 8.00. The van der Waals surface area contributed by atoms with E-state index in [0.29, 0.717) is 23.8 Å². The van der Waals surface area contributed by atoms with E-state index in [0.717, 1.165) is 4.90 Å². The van der Waals surface area contributed by atoms with Crippen molar-refractivity contribution in [2.45, 2.75) is 23.6 Å². The van der Waals surface area contributed by atoms with Gasteiger partial charge in [0.2, 0.25) is 15.9 Å². The molecule has 0 unspecified atom stereocenters. The van der Waals surface area contributed by atoms with Crippen molar-refractivity contribution in [2.24, 2.45) is 0 Å². The molecule has 1 amide bonds. The summed E-state index contributed by atoms with van der Waals surface area (Å²) in [5, 5.41) is 3.39. The molecule has 0 spiro atoms. The van der Waals surface area contributed by atoms with Gasteiger partial charge in [-0.3, -0.25) is 4.79 Å². The summed E-state index contributed by atoms with van der Waals surface area (Å²) in [7, 11) is -3.55. The first-order valence-electron chi connectivity index (χ1n) is 8.15. The van der Waals surface area contributed by atoms with Gasteiger partial charge in [-0.25, -0.2) is 8.42 Å². The van der Waals surface area contributed by atoms with Crippen LogP contribution in [0.1, 0.15) is 13.8 Å². The van der Waals surface area contributed by atoms with E-state index in [-0.39, 0.29) is 16.6 Å². The van der Waals surface area contributed by atoms with Crippen molar-refractivity contribution in [2.75, 3.05) is 24.2 Å². The lowest BCUT2D eigenvalue weighted by molar-refractivity contribution is -0.113. The number of hydrogen-bond acceptors (Lipinski definition) is 4. The largest absolute Gasteiger partial charge is 0.325 e. The van der Waals surface area contributed by atoms with Gasteiger partial charge < -0.3 is 5.32 Å². The first kappa shape index (κ1) is 20.8. The third kappa shape index (κ3) is 5.48. The number of thioether (sulfide) groups is 1.